The standard InChI is InChI=1S/3CH2O2.U/c3*2-1-3;/h3*1H,(H,2,3);/p-1. The van der Waals surface area contributed by atoms with Gasteiger partial charge in [0, 0.05) is 37.6 Å². The van der Waals surface area contributed by atoms with Crippen molar-refractivity contribution in [3.63, 3.8) is 0 Å². The summed E-state index contributed by atoms with van der Waals surface area (Å²) < 4.78 is 0. The Balaban J connectivity index is -0.0000000257. The van der Waals surface area contributed by atoms with Gasteiger partial charge in [0.25, 0.3) is 12.9 Å². The quantitative estimate of drug-likeness (QED) is 0.463. The summed E-state index contributed by atoms with van der Waals surface area (Å²) in [7, 11) is 0. The molecule has 0 rings (SSSR count). The Morgan fingerprint density at radius 1 is 1.00 bits per heavy atom. The van der Waals surface area contributed by atoms with Crippen LogP contribution in [0.3, 0.4) is 0 Å². The molecule has 10 heavy (non-hydrogen) atoms. The summed E-state index contributed by atoms with van der Waals surface area (Å²) in [4.78, 5) is 25.0. The number of carboxylic acid groups (broad SMARTS) is 3. The molecule has 0 atom stereocenters. The number of hydrogen-bond acceptors (Lipinski definition) is 4. The first-order valence-electron chi connectivity index (χ1n) is 1.46. The van der Waals surface area contributed by atoms with E-state index in [1.807, 2.05) is 0 Å². The fraction of sp³-hybridized carbons (Fsp3) is 0. The average Bonchev–Trinajstić information content (AvgIpc) is 1.70. The summed E-state index contributed by atoms with van der Waals surface area (Å²) in [6, 6.07) is 0. The second-order valence-corrected chi connectivity index (χ2v) is 0.307. The van der Waals surface area contributed by atoms with E-state index >= 15 is 0 Å². The van der Waals surface area contributed by atoms with E-state index in [9.17, 15) is 0 Å². The maximum absolute atomic E-state index is 8.36. The van der Waals surface area contributed by atoms with Gasteiger partial charge in [0.15, 0.2) is 0 Å². The first kappa shape index (κ1) is 22.7. The van der Waals surface area contributed by atoms with Gasteiger partial charge in [-0.15, -0.1) is 0 Å². The van der Waals surface area contributed by atoms with Crippen molar-refractivity contribution in [2.75, 3.05) is 0 Å². The molecule has 0 bridgehead atoms. The van der Waals surface area contributed by atoms with Gasteiger partial charge >= 0.3 is 0 Å². The third-order valence-electron chi connectivity index (χ3n) is 0. The second kappa shape index (κ2) is 77.7. The zero-order chi connectivity index (χ0) is 8.12. The van der Waals surface area contributed by atoms with Crippen LogP contribution in [0, 0.1) is 31.1 Å². The second-order valence-electron chi connectivity index (χ2n) is 0.307. The van der Waals surface area contributed by atoms with Crippen LogP contribution in [0.4, 0.5) is 0 Å². The number of rotatable bonds is 0. The molecule has 2 N–H and O–H groups in total. The molecule has 7 heteroatoms. The minimum absolute atomic E-state index is 0. The van der Waals surface area contributed by atoms with Crippen molar-refractivity contribution in [3.05, 3.63) is 0 Å². The van der Waals surface area contributed by atoms with Crippen LogP contribution in [0.1, 0.15) is 0 Å². The van der Waals surface area contributed by atoms with Crippen LogP contribution in [0.2, 0.25) is 0 Å². The van der Waals surface area contributed by atoms with E-state index < -0.39 is 6.47 Å². The minimum Gasteiger partial charge on any atom is -0.554 e. The molecule has 0 amide bonds. The van der Waals surface area contributed by atoms with Gasteiger partial charge in [-0.2, -0.15) is 0 Å². The largest absolute Gasteiger partial charge is 0.554 e. The van der Waals surface area contributed by atoms with Gasteiger partial charge in [-0.25, -0.2) is 0 Å². The first-order valence-corrected chi connectivity index (χ1v) is 1.46. The summed E-state index contributed by atoms with van der Waals surface area (Å²) in [6.07, 6.45) is 0. The molecule has 0 radical (unpaired) electrons. The fourth-order valence-corrected chi connectivity index (χ4v) is 0. The molecule has 0 fully saturated rings. The maximum Gasteiger partial charge on any atom is 0.290 e. The van der Waals surface area contributed by atoms with Crippen LogP contribution < -0.4 is 5.11 Å². The van der Waals surface area contributed by atoms with E-state index in [1.54, 1.807) is 0 Å². The van der Waals surface area contributed by atoms with Gasteiger partial charge in [0.2, 0.25) is 0 Å². The summed E-state index contributed by atoms with van der Waals surface area (Å²) in [5.41, 5.74) is 0. The smallest absolute Gasteiger partial charge is 0.290 e. The van der Waals surface area contributed by atoms with Gasteiger partial charge < -0.3 is 20.1 Å². The Hall–Kier alpha value is -0.538. The Kier molecular flexibility index (Phi) is 177. The fourth-order valence-electron chi connectivity index (χ4n) is 0. The average molecular weight is 375 g/mol. The number of carbonyl (C=O) groups excluding carboxylic acids is 1. The zero-order valence-corrected chi connectivity index (χ0v) is 8.92. The molecular formula is C3H5O6U-. The van der Waals surface area contributed by atoms with Crippen LogP contribution in [0.5, 0.6) is 0 Å². The summed E-state index contributed by atoms with van der Waals surface area (Å²) in [5.74, 6) is 0. The van der Waals surface area contributed by atoms with Crippen molar-refractivity contribution < 1.29 is 60.8 Å². The molecule has 0 aliphatic rings. The van der Waals surface area contributed by atoms with Crippen molar-refractivity contribution in [1.82, 2.24) is 0 Å². The maximum atomic E-state index is 8.36. The van der Waals surface area contributed by atoms with Crippen LogP contribution in [0.25, 0.3) is 0 Å². The molecule has 0 aromatic rings. The molecule has 58 valence electrons. The predicted molar refractivity (Wildman–Crippen MR) is 23.4 cm³/mol. The third kappa shape index (κ3) is 1080. The Labute approximate surface area is 80.2 Å². The van der Waals surface area contributed by atoms with E-state index in [4.69, 9.17) is 29.7 Å². The Bertz CT molecular complexity index is 49.7. The topological polar surface area (TPSA) is 115 Å². The van der Waals surface area contributed by atoms with Gasteiger partial charge in [0.05, 0.1) is 0 Å². The molecule has 0 saturated heterocycles. The first-order chi connectivity index (χ1) is 4.24. The van der Waals surface area contributed by atoms with Crippen molar-refractivity contribution in [3.8, 4) is 0 Å². The van der Waals surface area contributed by atoms with Crippen LogP contribution in [0.15, 0.2) is 0 Å². The molecule has 0 aromatic carbocycles. The van der Waals surface area contributed by atoms with E-state index in [0.717, 1.165) is 0 Å². The molecule has 0 saturated carbocycles. The van der Waals surface area contributed by atoms with Crippen LogP contribution in [-0.2, 0) is 14.4 Å². The SMILES string of the molecule is O=CO.O=CO.O=C[O-].[U]. The summed E-state index contributed by atoms with van der Waals surface area (Å²) >= 11 is 0. The molecule has 0 unspecified atom stereocenters. The van der Waals surface area contributed by atoms with Gasteiger partial charge in [0.1, 0.15) is 0 Å². The summed E-state index contributed by atoms with van der Waals surface area (Å²) in [6.45, 7) is -1.00. The Morgan fingerprint density at radius 3 is 1.00 bits per heavy atom. The molecule has 0 spiro atoms. The van der Waals surface area contributed by atoms with Gasteiger partial charge in [-0.1, -0.05) is 0 Å². The van der Waals surface area contributed by atoms with Crippen LogP contribution in [-0.4, -0.2) is 29.6 Å². The van der Waals surface area contributed by atoms with Crippen LogP contribution >= 0.6 is 0 Å². The summed E-state index contributed by atoms with van der Waals surface area (Å²) in [5, 5.41) is 22.0. The van der Waals surface area contributed by atoms with E-state index in [2.05, 4.69) is 0 Å². The van der Waals surface area contributed by atoms with Crippen molar-refractivity contribution >= 4 is 19.4 Å². The molecular weight excluding hydrogens is 370 g/mol. The van der Waals surface area contributed by atoms with Crippen molar-refractivity contribution in [2.24, 2.45) is 0 Å². The van der Waals surface area contributed by atoms with Crippen molar-refractivity contribution in [1.29, 1.82) is 0 Å². The molecule has 0 aliphatic heterocycles. The van der Waals surface area contributed by atoms with E-state index in [-0.39, 0.29) is 44.1 Å². The molecule has 0 heterocycles. The van der Waals surface area contributed by atoms with Gasteiger partial charge in [-0.3, -0.25) is 9.59 Å². The molecule has 0 aromatic heterocycles. The van der Waals surface area contributed by atoms with E-state index in [0.29, 0.717) is 0 Å². The monoisotopic (exact) mass is 375 g/mol. The zero-order valence-electron chi connectivity index (χ0n) is 4.76. The van der Waals surface area contributed by atoms with E-state index in [1.165, 1.54) is 0 Å². The molecule has 6 nitrogen and oxygen atoms in total. The third-order valence-corrected chi connectivity index (χ3v) is 0. The van der Waals surface area contributed by atoms with Gasteiger partial charge in [-0.05, 0) is 0 Å². The number of hydrogen-bond donors (Lipinski definition) is 2. The van der Waals surface area contributed by atoms with Crippen molar-refractivity contribution in [2.45, 2.75) is 0 Å². The Morgan fingerprint density at radius 2 is 1.00 bits per heavy atom. The predicted octanol–water partition coefficient (Wildman–Crippen LogP) is -2.23. The number of carbonyl (C=O) groups is 3. The normalized spacial score (nSPS) is 3.60. The minimum atomic E-state index is -0.500. The molecule has 0 aliphatic carbocycles.